The van der Waals surface area contributed by atoms with Crippen molar-refractivity contribution in [1.29, 1.82) is 0 Å². The zero-order chi connectivity index (χ0) is 13.8. The molecule has 1 aliphatic rings. The second-order valence-corrected chi connectivity index (χ2v) is 5.61. The number of aliphatic hydroxyl groups is 1. The monoisotopic (exact) mass is 265 g/mol. The molecule has 3 N–H and O–H groups in total. The van der Waals surface area contributed by atoms with Crippen LogP contribution in [0.2, 0.25) is 0 Å². The van der Waals surface area contributed by atoms with Crippen LogP contribution in [-0.4, -0.2) is 16.9 Å². The maximum Gasteiger partial charge on any atom is 0.194 e. The van der Waals surface area contributed by atoms with Crippen molar-refractivity contribution < 1.29 is 14.3 Å². The van der Waals surface area contributed by atoms with Crippen LogP contribution in [0.5, 0.6) is 0 Å². The van der Waals surface area contributed by atoms with E-state index in [1.807, 2.05) is 0 Å². The van der Waals surface area contributed by atoms with Gasteiger partial charge in [0, 0.05) is 13.0 Å². The third kappa shape index (κ3) is 3.67. The Morgan fingerprint density at radius 1 is 1.42 bits per heavy atom. The van der Waals surface area contributed by atoms with Gasteiger partial charge in [-0.3, -0.25) is 4.79 Å². The second kappa shape index (κ2) is 6.35. The van der Waals surface area contributed by atoms with Gasteiger partial charge in [0.25, 0.3) is 0 Å². The fourth-order valence-electron chi connectivity index (χ4n) is 2.85. The molecule has 0 aromatic carbocycles. The van der Waals surface area contributed by atoms with Crippen LogP contribution in [0.25, 0.3) is 0 Å². The molecule has 1 aromatic heterocycles. The number of nitrogens with two attached hydrogens (primary N) is 1. The van der Waals surface area contributed by atoms with Gasteiger partial charge in [0.1, 0.15) is 11.9 Å². The smallest absolute Gasteiger partial charge is 0.194 e. The molecule has 0 aliphatic heterocycles. The van der Waals surface area contributed by atoms with Crippen molar-refractivity contribution in [2.24, 2.45) is 11.7 Å². The molecule has 1 aromatic rings. The van der Waals surface area contributed by atoms with Crippen LogP contribution in [0.3, 0.4) is 0 Å². The molecule has 1 saturated carbocycles. The Balaban J connectivity index is 1.93. The summed E-state index contributed by atoms with van der Waals surface area (Å²) in [5, 5.41) is 10.2. The van der Waals surface area contributed by atoms with Gasteiger partial charge in [0.15, 0.2) is 11.5 Å². The summed E-state index contributed by atoms with van der Waals surface area (Å²) in [6.45, 7) is 1.44. The van der Waals surface area contributed by atoms with Gasteiger partial charge in [-0.1, -0.05) is 32.1 Å². The summed E-state index contributed by atoms with van der Waals surface area (Å²) < 4.78 is 5.34. The molecule has 4 nitrogen and oxygen atoms in total. The third-order valence-corrected chi connectivity index (χ3v) is 4.00. The molecule has 0 spiro atoms. The first-order valence-electron chi connectivity index (χ1n) is 7.12. The van der Waals surface area contributed by atoms with E-state index in [1.54, 1.807) is 12.1 Å². The number of aliphatic hydroxyl groups excluding tert-OH is 1. The van der Waals surface area contributed by atoms with E-state index in [9.17, 15) is 9.90 Å². The average molecular weight is 265 g/mol. The molecule has 0 radical (unpaired) electrons. The maximum absolute atomic E-state index is 11.2. The first-order valence-corrected chi connectivity index (χ1v) is 7.12. The van der Waals surface area contributed by atoms with Gasteiger partial charge in [-0.05, 0) is 24.5 Å². The van der Waals surface area contributed by atoms with Crippen molar-refractivity contribution in [3.8, 4) is 0 Å². The van der Waals surface area contributed by atoms with Gasteiger partial charge in [-0.25, -0.2) is 0 Å². The highest BCUT2D eigenvalue weighted by Gasteiger charge is 2.25. The van der Waals surface area contributed by atoms with E-state index in [0.717, 1.165) is 6.42 Å². The van der Waals surface area contributed by atoms with Crippen molar-refractivity contribution in [3.63, 3.8) is 0 Å². The van der Waals surface area contributed by atoms with Crippen LogP contribution in [0.15, 0.2) is 16.5 Å². The maximum atomic E-state index is 11.2. The summed E-state index contributed by atoms with van der Waals surface area (Å²) >= 11 is 0. The summed E-state index contributed by atoms with van der Waals surface area (Å²) in [4.78, 5) is 11.2. The van der Waals surface area contributed by atoms with Crippen molar-refractivity contribution in [2.75, 3.05) is 0 Å². The van der Waals surface area contributed by atoms with Crippen LogP contribution in [-0.2, 0) is 0 Å². The summed E-state index contributed by atoms with van der Waals surface area (Å²) in [6.07, 6.45) is 6.25. The Hall–Kier alpha value is -1.13. The molecule has 106 valence electrons. The highest BCUT2D eigenvalue weighted by Crippen LogP contribution is 2.30. The van der Waals surface area contributed by atoms with Crippen molar-refractivity contribution in [1.82, 2.24) is 0 Å². The van der Waals surface area contributed by atoms with Crippen LogP contribution in [0, 0.1) is 5.92 Å². The Morgan fingerprint density at radius 3 is 2.68 bits per heavy atom. The SMILES string of the molecule is CC(=O)c1ccc(C(O)C(N)CC2CCCCC2)o1. The number of hydrogen-bond acceptors (Lipinski definition) is 4. The van der Waals surface area contributed by atoms with Crippen LogP contribution in [0.1, 0.15) is 67.9 Å². The molecule has 1 aliphatic carbocycles. The molecular weight excluding hydrogens is 242 g/mol. The Morgan fingerprint density at radius 2 is 2.11 bits per heavy atom. The van der Waals surface area contributed by atoms with Gasteiger partial charge >= 0.3 is 0 Å². The topological polar surface area (TPSA) is 76.5 Å². The minimum Gasteiger partial charge on any atom is -0.455 e. The number of carbonyl (C=O) groups excluding carboxylic acids is 1. The predicted octanol–water partition coefficient (Wildman–Crippen LogP) is 2.81. The van der Waals surface area contributed by atoms with E-state index >= 15 is 0 Å². The highest BCUT2D eigenvalue weighted by atomic mass is 16.4. The summed E-state index contributed by atoms with van der Waals surface area (Å²) in [6, 6.07) is 2.91. The van der Waals surface area contributed by atoms with Gasteiger partial charge in [-0.2, -0.15) is 0 Å². The van der Waals surface area contributed by atoms with E-state index in [1.165, 1.54) is 39.0 Å². The number of hydrogen-bond donors (Lipinski definition) is 2. The zero-order valence-corrected chi connectivity index (χ0v) is 11.5. The molecular formula is C15H23NO3. The minimum atomic E-state index is -0.824. The molecule has 4 heteroatoms. The lowest BCUT2D eigenvalue weighted by molar-refractivity contribution is 0.0931. The van der Waals surface area contributed by atoms with Gasteiger partial charge in [-0.15, -0.1) is 0 Å². The summed E-state index contributed by atoms with van der Waals surface area (Å²) in [7, 11) is 0. The molecule has 0 amide bonds. The largest absolute Gasteiger partial charge is 0.455 e. The molecule has 0 bridgehead atoms. The Kier molecular flexibility index (Phi) is 4.77. The standard InChI is InChI=1S/C15H23NO3/c1-10(17)13-7-8-14(19-13)15(18)12(16)9-11-5-3-2-4-6-11/h7-8,11-12,15,18H,2-6,9,16H2,1H3. The molecule has 2 rings (SSSR count). The van der Waals surface area contributed by atoms with E-state index < -0.39 is 6.10 Å². The van der Waals surface area contributed by atoms with Gasteiger partial charge < -0.3 is 15.3 Å². The van der Waals surface area contributed by atoms with E-state index in [2.05, 4.69) is 0 Å². The Bertz CT molecular complexity index is 421. The summed E-state index contributed by atoms with van der Waals surface area (Å²) in [5.74, 6) is 1.15. The van der Waals surface area contributed by atoms with Gasteiger partial charge in [0.05, 0.1) is 0 Å². The number of ketones is 1. The molecule has 0 saturated heterocycles. The van der Waals surface area contributed by atoms with E-state index in [-0.39, 0.29) is 17.6 Å². The fourth-order valence-corrected chi connectivity index (χ4v) is 2.85. The van der Waals surface area contributed by atoms with Crippen LogP contribution < -0.4 is 5.73 Å². The highest BCUT2D eigenvalue weighted by molar-refractivity contribution is 5.91. The lowest BCUT2D eigenvalue weighted by Crippen LogP contribution is -2.31. The molecule has 2 unspecified atom stereocenters. The fraction of sp³-hybridized carbons (Fsp3) is 0.667. The lowest BCUT2D eigenvalue weighted by Gasteiger charge is -2.26. The number of rotatable bonds is 5. The van der Waals surface area contributed by atoms with Crippen LogP contribution >= 0.6 is 0 Å². The van der Waals surface area contributed by atoms with Crippen molar-refractivity contribution >= 4 is 5.78 Å². The first-order chi connectivity index (χ1) is 9.08. The average Bonchev–Trinajstić information content (AvgIpc) is 2.88. The predicted molar refractivity (Wildman–Crippen MR) is 72.8 cm³/mol. The quantitative estimate of drug-likeness (QED) is 0.803. The normalized spacial score (nSPS) is 20.2. The third-order valence-electron chi connectivity index (χ3n) is 4.00. The second-order valence-electron chi connectivity index (χ2n) is 5.61. The zero-order valence-electron chi connectivity index (χ0n) is 11.5. The van der Waals surface area contributed by atoms with Crippen molar-refractivity contribution in [3.05, 3.63) is 23.7 Å². The minimum absolute atomic E-state index is 0.140. The molecule has 19 heavy (non-hydrogen) atoms. The number of furan rings is 1. The first kappa shape index (κ1) is 14.3. The number of carbonyl (C=O) groups is 1. The molecule has 1 fully saturated rings. The lowest BCUT2D eigenvalue weighted by atomic mass is 9.84. The van der Waals surface area contributed by atoms with Crippen LogP contribution in [0.4, 0.5) is 0 Å². The van der Waals surface area contributed by atoms with Gasteiger partial charge in [0.2, 0.25) is 0 Å². The summed E-state index contributed by atoms with van der Waals surface area (Å²) in [5.41, 5.74) is 6.07. The molecule has 2 atom stereocenters. The van der Waals surface area contributed by atoms with E-state index in [0.29, 0.717) is 11.7 Å². The number of Topliss-reactive ketones (excluding diaryl/α,β-unsaturated/α-hetero) is 1. The Labute approximate surface area is 114 Å². The molecule has 1 heterocycles. The van der Waals surface area contributed by atoms with Crippen molar-refractivity contribution in [2.45, 2.75) is 57.6 Å². The van der Waals surface area contributed by atoms with E-state index in [4.69, 9.17) is 10.2 Å².